The maximum absolute atomic E-state index is 12.4. The highest BCUT2D eigenvalue weighted by molar-refractivity contribution is 6.39. The van der Waals surface area contributed by atoms with Gasteiger partial charge in [0.15, 0.2) is 0 Å². The van der Waals surface area contributed by atoms with Crippen LogP contribution in [0, 0.1) is 0 Å². The van der Waals surface area contributed by atoms with E-state index in [0.29, 0.717) is 25.9 Å². The average Bonchev–Trinajstić information content (AvgIpc) is 2.47. The van der Waals surface area contributed by atoms with E-state index in [1.807, 2.05) is 0 Å². The monoisotopic (exact) mass is 344 g/mol. The highest BCUT2D eigenvalue weighted by Gasteiger charge is 2.25. The third kappa shape index (κ3) is 3.91. The molecule has 120 valence electrons. The Labute approximate surface area is 139 Å². The van der Waals surface area contributed by atoms with Crippen LogP contribution in [0.25, 0.3) is 0 Å². The molecule has 22 heavy (non-hydrogen) atoms. The number of benzene rings is 1. The molecule has 1 N–H and O–H groups in total. The van der Waals surface area contributed by atoms with Gasteiger partial charge < -0.3 is 14.9 Å². The Balaban J connectivity index is 2.01. The summed E-state index contributed by atoms with van der Waals surface area (Å²) in [5.74, 6) is -0.535. The molecule has 0 bridgehead atoms. The molecule has 5 nitrogen and oxygen atoms in total. The molecule has 1 heterocycles. The van der Waals surface area contributed by atoms with Crippen molar-refractivity contribution >= 4 is 35.0 Å². The number of hydrogen-bond acceptors (Lipinski definition) is 3. The number of nitrogens with zero attached hydrogens (tertiary/aromatic N) is 2. The number of amides is 2. The number of carbonyl (C=O) groups excluding carboxylic acids is 2. The van der Waals surface area contributed by atoms with Crippen LogP contribution in [0.5, 0.6) is 0 Å². The van der Waals surface area contributed by atoms with Gasteiger partial charge in [-0.2, -0.15) is 0 Å². The van der Waals surface area contributed by atoms with Crippen LogP contribution in [0.15, 0.2) is 18.2 Å². The van der Waals surface area contributed by atoms with Crippen molar-refractivity contribution < 1.29 is 14.7 Å². The lowest BCUT2D eigenvalue weighted by atomic mass is 10.1. The normalized spacial score (nSPS) is 15.7. The molecule has 1 fully saturated rings. The minimum absolute atomic E-state index is 0.0452. The van der Waals surface area contributed by atoms with Gasteiger partial charge in [-0.05, 0) is 25.0 Å². The first-order valence-corrected chi connectivity index (χ1v) is 7.81. The molecule has 0 radical (unpaired) electrons. The number of carbonyl (C=O) groups is 2. The number of likely N-dealkylation sites (tertiary alicyclic amines) is 1. The molecule has 0 aromatic heterocycles. The lowest BCUT2D eigenvalue weighted by Gasteiger charge is -2.31. The van der Waals surface area contributed by atoms with Gasteiger partial charge in [0, 0.05) is 20.1 Å². The van der Waals surface area contributed by atoms with E-state index in [4.69, 9.17) is 23.2 Å². The largest absolute Gasteiger partial charge is 0.393 e. The summed E-state index contributed by atoms with van der Waals surface area (Å²) in [7, 11) is 1.54. The van der Waals surface area contributed by atoms with E-state index in [-0.39, 0.29) is 40.1 Å². The number of rotatable bonds is 3. The molecule has 1 aliphatic heterocycles. The first kappa shape index (κ1) is 17.1. The fraction of sp³-hybridized carbons (Fsp3) is 0.467. The van der Waals surface area contributed by atoms with Gasteiger partial charge in [0.25, 0.3) is 5.91 Å². The molecule has 0 spiro atoms. The zero-order chi connectivity index (χ0) is 16.3. The van der Waals surface area contributed by atoms with Crippen molar-refractivity contribution in [2.75, 3.05) is 26.7 Å². The first-order chi connectivity index (χ1) is 10.4. The quantitative estimate of drug-likeness (QED) is 0.912. The second kappa shape index (κ2) is 7.31. The second-order valence-corrected chi connectivity index (χ2v) is 6.18. The van der Waals surface area contributed by atoms with E-state index in [1.54, 1.807) is 30.1 Å². The third-order valence-corrected chi connectivity index (χ3v) is 4.34. The summed E-state index contributed by atoms with van der Waals surface area (Å²) in [6.07, 6.45) is 0.796. The number of aliphatic hydroxyl groups is 1. The van der Waals surface area contributed by atoms with Crippen LogP contribution in [0.1, 0.15) is 23.2 Å². The third-order valence-electron chi connectivity index (χ3n) is 3.71. The molecule has 0 saturated carbocycles. The summed E-state index contributed by atoms with van der Waals surface area (Å²) in [6, 6.07) is 4.83. The van der Waals surface area contributed by atoms with E-state index in [0.717, 1.165) is 0 Å². The molecule has 7 heteroatoms. The van der Waals surface area contributed by atoms with Crippen molar-refractivity contribution in [1.29, 1.82) is 0 Å². The highest BCUT2D eigenvalue weighted by Crippen LogP contribution is 2.25. The molecule has 1 aromatic carbocycles. The summed E-state index contributed by atoms with van der Waals surface area (Å²) in [5, 5.41) is 9.98. The molecule has 0 aliphatic carbocycles. The van der Waals surface area contributed by atoms with Gasteiger partial charge in [-0.25, -0.2) is 0 Å². The maximum atomic E-state index is 12.4. The molecular formula is C15H18Cl2N2O3. The standard InChI is InChI=1S/C15H18Cl2N2O3/c1-18(9-13(21)19-7-5-10(20)6-8-19)15(22)14-11(16)3-2-4-12(14)17/h2-4,10,20H,5-9H2,1H3. The number of likely N-dealkylation sites (N-methyl/N-ethyl adjacent to an activating group) is 1. The van der Waals surface area contributed by atoms with Gasteiger partial charge >= 0.3 is 0 Å². The van der Waals surface area contributed by atoms with Crippen LogP contribution in [0.2, 0.25) is 10.0 Å². The van der Waals surface area contributed by atoms with Crippen LogP contribution in [-0.2, 0) is 4.79 Å². The Morgan fingerprint density at radius 3 is 2.36 bits per heavy atom. The van der Waals surface area contributed by atoms with Gasteiger partial charge in [0.1, 0.15) is 0 Å². The SMILES string of the molecule is CN(CC(=O)N1CCC(O)CC1)C(=O)c1c(Cl)cccc1Cl. The molecule has 1 saturated heterocycles. The van der Waals surface area contributed by atoms with E-state index in [9.17, 15) is 14.7 Å². The maximum Gasteiger partial charge on any atom is 0.257 e. The van der Waals surface area contributed by atoms with Crippen LogP contribution in [0.4, 0.5) is 0 Å². The smallest absolute Gasteiger partial charge is 0.257 e. The van der Waals surface area contributed by atoms with Crippen LogP contribution >= 0.6 is 23.2 Å². The zero-order valence-corrected chi connectivity index (χ0v) is 13.8. The minimum Gasteiger partial charge on any atom is -0.393 e. The molecule has 0 unspecified atom stereocenters. The Morgan fingerprint density at radius 1 is 1.27 bits per heavy atom. The van der Waals surface area contributed by atoms with Crippen LogP contribution in [-0.4, -0.2) is 59.5 Å². The van der Waals surface area contributed by atoms with Gasteiger partial charge in [-0.3, -0.25) is 9.59 Å². The fourth-order valence-corrected chi connectivity index (χ4v) is 2.94. The van der Waals surface area contributed by atoms with Crippen molar-refractivity contribution in [2.24, 2.45) is 0 Å². The number of piperidine rings is 1. The minimum atomic E-state index is -0.388. The summed E-state index contributed by atoms with van der Waals surface area (Å²) < 4.78 is 0. The highest BCUT2D eigenvalue weighted by atomic mass is 35.5. The van der Waals surface area contributed by atoms with Crippen molar-refractivity contribution in [1.82, 2.24) is 9.80 Å². The summed E-state index contributed by atoms with van der Waals surface area (Å²) >= 11 is 12.0. The van der Waals surface area contributed by atoms with Crippen molar-refractivity contribution in [2.45, 2.75) is 18.9 Å². The molecule has 1 aliphatic rings. The Morgan fingerprint density at radius 2 is 1.82 bits per heavy atom. The van der Waals surface area contributed by atoms with Gasteiger partial charge in [-0.15, -0.1) is 0 Å². The van der Waals surface area contributed by atoms with E-state index >= 15 is 0 Å². The lowest BCUT2D eigenvalue weighted by Crippen LogP contribution is -2.45. The van der Waals surface area contributed by atoms with Crippen LogP contribution in [0.3, 0.4) is 0 Å². The van der Waals surface area contributed by atoms with E-state index < -0.39 is 0 Å². The number of hydrogen-bond donors (Lipinski definition) is 1. The molecule has 2 amide bonds. The zero-order valence-electron chi connectivity index (χ0n) is 12.3. The fourth-order valence-electron chi connectivity index (χ4n) is 2.38. The molecule has 2 rings (SSSR count). The number of halogens is 2. The van der Waals surface area contributed by atoms with Crippen molar-refractivity contribution in [3.05, 3.63) is 33.8 Å². The Hall–Kier alpha value is -1.30. The van der Waals surface area contributed by atoms with Crippen LogP contribution < -0.4 is 0 Å². The topological polar surface area (TPSA) is 60.9 Å². The predicted molar refractivity (Wildman–Crippen MR) is 85.2 cm³/mol. The second-order valence-electron chi connectivity index (χ2n) is 5.37. The van der Waals surface area contributed by atoms with Crippen molar-refractivity contribution in [3.63, 3.8) is 0 Å². The summed E-state index contributed by atoms with van der Waals surface area (Å²) in [6.45, 7) is 0.972. The Bertz CT molecular complexity index is 552. The van der Waals surface area contributed by atoms with Gasteiger partial charge in [0.2, 0.25) is 5.91 Å². The van der Waals surface area contributed by atoms with Gasteiger partial charge in [-0.1, -0.05) is 29.3 Å². The lowest BCUT2D eigenvalue weighted by molar-refractivity contribution is -0.133. The van der Waals surface area contributed by atoms with Gasteiger partial charge in [0.05, 0.1) is 28.3 Å². The predicted octanol–water partition coefficient (Wildman–Crippen LogP) is 2.05. The van der Waals surface area contributed by atoms with E-state index in [1.165, 1.54) is 4.90 Å². The molecule has 1 aromatic rings. The summed E-state index contributed by atoms with van der Waals surface area (Å²) in [5.41, 5.74) is 0.204. The van der Waals surface area contributed by atoms with Crippen molar-refractivity contribution in [3.8, 4) is 0 Å². The first-order valence-electron chi connectivity index (χ1n) is 7.05. The Kier molecular flexibility index (Phi) is 5.67. The summed E-state index contributed by atoms with van der Waals surface area (Å²) in [4.78, 5) is 27.6. The molecule has 0 atom stereocenters. The molecular weight excluding hydrogens is 327 g/mol. The number of aliphatic hydroxyl groups excluding tert-OH is 1. The van der Waals surface area contributed by atoms with E-state index in [2.05, 4.69) is 0 Å². The average molecular weight is 345 g/mol.